The van der Waals surface area contributed by atoms with Crippen molar-refractivity contribution in [3.05, 3.63) is 35.2 Å². The maximum atomic E-state index is 12.8. The van der Waals surface area contributed by atoms with Crippen LogP contribution in [0.25, 0.3) is 0 Å². The summed E-state index contributed by atoms with van der Waals surface area (Å²) in [5, 5.41) is 6.31. The Kier molecular flexibility index (Phi) is 8.22. The highest BCUT2D eigenvalue weighted by molar-refractivity contribution is 7.89. The molecule has 1 aromatic heterocycles. The van der Waals surface area contributed by atoms with Crippen molar-refractivity contribution in [2.75, 3.05) is 21.3 Å². The summed E-state index contributed by atoms with van der Waals surface area (Å²) in [6, 6.07) is 2.95. The number of hydrogen-bond acceptors (Lipinski definition) is 9. The first-order chi connectivity index (χ1) is 15.0. The fourth-order valence-electron chi connectivity index (χ4n) is 3.07. The molecule has 1 heterocycles. The van der Waals surface area contributed by atoms with Gasteiger partial charge in [0.2, 0.25) is 15.9 Å². The van der Waals surface area contributed by atoms with Crippen LogP contribution in [0, 0.1) is 13.8 Å². The molecule has 0 saturated heterocycles. The zero-order chi connectivity index (χ0) is 24.1. The lowest BCUT2D eigenvalue weighted by Crippen LogP contribution is -2.46. The van der Waals surface area contributed by atoms with Gasteiger partial charge in [-0.15, -0.1) is 0 Å². The molecule has 0 aliphatic rings. The van der Waals surface area contributed by atoms with E-state index >= 15 is 0 Å². The third kappa shape index (κ3) is 5.77. The summed E-state index contributed by atoms with van der Waals surface area (Å²) < 4.78 is 47.8. The number of nitrogens with one attached hydrogen (secondary N) is 2. The summed E-state index contributed by atoms with van der Waals surface area (Å²) in [5.74, 6) is -0.226. The number of aromatic nitrogens is 1. The third-order valence-electron chi connectivity index (χ3n) is 4.69. The van der Waals surface area contributed by atoms with E-state index in [0.717, 1.165) is 0 Å². The lowest BCUT2D eigenvalue weighted by Gasteiger charge is -2.22. The number of sulfonamides is 1. The maximum absolute atomic E-state index is 12.8. The minimum Gasteiger partial charge on any atom is -0.493 e. The van der Waals surface area contributed by atoms with Gasteiger partial charge >= 0.3 is 5.97 Å². The largest absolute Gasteiger partial charge is 0.493 e. The average Bonchev–Trinajstić information content (AvgIpc) is 3.10. The molecular formula is C20H27N3O8S. The number of methoxy groups -OCH3 is 3. The molecule has 0 fully saturated rings. The first-order valence-electron chi connectivity index (χ1n) is 9.58. The van der Waals surface area contributed by atoms with E-state index in [1.165, 1.54) is 42.1 Å². The van der Waals surface area contributed by atoms with Gasteiger partial charge in [-0.05, 0) is 38.5 Å². The van der Waals surface area contributed by atoms with Gasteiger partial charge in [0.25, 0.3) is 0 Å². The van der Waals surface area contributed by atoms with Crippen LogP contribution in [0.3, 0.4) is 0 Å². The number of amides is 1. The van der Waals surface area contributed by atoms with Crippen LogP contribution in [-0.2, 0) is 24.3 Å². The smallest absolute Gasteiger partial charge is 0.307 e. The Balaban J connectivity index is 2.25. The summed E-state index contributed by atoms with van der Waals surface area (Å²) >= 11 is 0. The van der Waals surface area contributed by atoms with Crippen molar-refractivity contribution in [1.29, 1.82) is 0 Å². The number of carbonyl (C=O) groups is 2. The maximum Gasteiger partial charge on any atom is 0.307 e. The van der Waals surface area contributed by atoms with E-state index in [-0.39, 0.29) is 22.8 Å². The highest BCUT2D eigenvalue weighted by Gasteiger charge is 2.30. The summed E-state index contributed by atoms with van der Waals surface area (Å²) in [6.07, 6.45) is -0.180. The number of nitrogens with zero attached hydrogens (tertiary/aromatic N) is 1. The number of benzene rings is 1. The molecule has 176 valence electrons. The van der Waals surface area contributed by atoms with E-state index in [4.69, 9.17) is 18.7 Å². The van der Waals surface area contributed by atoms with Crippen LogP contribution in [-0.4, -0.2) is 52.8 Å². The van der Waals surface area contributed by atoms with E-state index < -0.39 is 34.0 Å². The normalized spacial score (nSPS) is 13.2. The third-order valence-corrected chi connectivity index (χ3v) is 6.47. The second kappa shape index (κ2) is 10.5. The van der Waals surface area contributed by atoms with Gasteiger partial charge in [0.05, 0.1) is 39.8 Å². The van der Waals surface area contributed by atoms with Crippen molar-refractivity contribution in [2.24, 2.45) is 0 Å². The Hall–Kier alpha value is -3.12. The van der Waals surface area contributed by atoms with Crippen molar-refractivity contribution >= 4 is 21.9 Å². The molecule has 32 heavy (non-hydrogen) atoms. The zero-order valence-electron chi connectivity index (χ0n) is 18.7. The SMILES string of the molecule is COC(=O)CC(NC(=O)[C@H](C)NS(=O)(=O)c1c(C)noc1C)c1ccc(OC)c(OC)c1. The molecule has 1 unspecified atom stereocenters. The van der Waals surface area contributed by atoms with Gasteiger partial charge in [0.1, 0.15) is 10.6 Å². The number of hydrogen-bond donors (Lipinski definition) is 2. The fraction of sp³-hybridized carbons (Fsp3) is 0.450. The van der Waals surface area contributed by atoms with Crippen LogP contribution in [0.2, 0.25) is 0 Å². The minimum atomic E-state index is -4.07. The van der Waals surface area contributed by atoms with E-state index in [2.05, 4.69) is 15.2 Å². The molecule has 0 saturated carbocycles. The van der Waals surface area contributed by atoms with Crippen LogP contribution in [0.4, 0.5) is 0 Å². The van der Waals surface area contributed by atoms with Gasteiger partial charge in [-0.2, -0.15) is 4.72 Å². The average molecular weight is 470 g/mol. The highest BCUT2D eigenvalue weighted by Crippen LogP contribution is 2.31. The number of esters is 1. The second-order valence-electron chi connectivity index (χ2n) is 6.95. The first kappa shape index (κ1) is 25.1. The molecular weight excluding hydrogens is 442 g/mol. The predicted molar refractivity (Wildman–Crippen MR) is 113 cm³/mol. The molecule has 0 bridgehead atoms. The number of ether oxygens (including phenoxy) is 3. The van der Waals surface area contributed by atoms with Crippen molar-refractivity contribution in [1.82, 2.24) is 15.2 Å². The summed E-state index contributed by atoms with van der Waals surface area (Å²) in [7, 11) is 0.110. The zero-order valence-corrected chi connectivity index (χ0v) is 19.5. The molecule has 0 spiro atoms. The van der Waals surface area contributed by atoms with Gasteiger partial charge in [0, 0.05) is 0 Å². The Morgan fingerprint density at radius 1 is 1.12 bits per heavy atom. The molecule has 0 aliphatic heterocycles. The van der Waals surface area contributed by atoms with Gasteiger partial charge in [-0.3, -0.25) is 9.59 Å². The molecule has 11 nitrogen and oxygen atoms in total. The molecule has 12 heteroatoms. The van der Waals surface area contributed by atoms with Gasteiger partial charge < -0.3 is 24.1 Å². The second-order valence-corrected chi connectivity index (χ2v) is 8.60. The van der Waals surface area contributed by atoms with Crippen LogP contribution in [0.15, 0.2) is 27.6 Å². The first-order valence-corrected chi connectivity index (χ1v) is 11.1. The van der Waals surface area contributed by atoms with Crippen LogP contribution < -0.4 is 19.5 Å². The topological polar surface area (TPSA) is 146 Å². The van der Waals surface area contributed by atoms with Crippen molar-refractivity contribution in [2.45, 2.75) is 44.2 Å². The molecule has 1 aromatic carbocycles. The highest BCUT2D eigenvalue weighted by atomic mass is 32.2. The monoisotopic (exact) mass is 469 g/mol. The number of rotatable bonds is 10. The van der Waals surface area contributed by atoms with E-state index in [0.29, 0.717) is 17.1 Å². The summed E-state index contributed by atoms with van der Waals surface area (Å²) in [5.41, 5.74) is 0.721. The standard InChI is InChI=1S/C20H27N3O8S/c1-11-19(13(3)31-22-11)32(26,27)23-12(2)20(25)21-15(10-18(24)30-6)14-7-8-16(28-4)17(9-14)29-5/h7-9,12,15,23H,10H2,1-6H3,(H,21,25)/t12-,15?/m0/s1. The number of carbonyl (C=O) groups excluding carboxylic acids is 2. The Labute approximate surface area is 186 Å². The molecule has 0 aliphatic carbocycles. The minimum absolute atomic E-state index is 0.108. The van der Waals surface area contributed by atoms with Gasteiger partial charge in [0.15, 0.2) is 17.3 Å². The van der Waals surface area contributed by atoms with Crippen LogP contribution >= 0.6 is 0 Å². The molecule has 2 aromatic rings. The lowest BCUT2D eigenvalue weighted by molar-refractivity contribution is -0.141. The predicted octanol–water partition coefficient (Wildman–Crippen LogP) is 1.40. The van der Waals surface area contributed by atoms with Crippen molar-refractivity contribution < 1.29 is 36.7 Å². The van der Waals surface area contributed by atoms with Crippen molar-refractivity contribution in [3.63, 3.8) is 0 Å². The number of aryl methyl sites for hydroxylation is 2. The Bertz CT molecular complexity index is 1060. The van der Waals surface area contributed by atoms with E-state index in [1.807, 2.05) is 0 Å². The molecule has 2 atom stereocenters. The van der Waals surface area contributed by atoms with E-state index in [9.17, 15) is 18.0 Å². The van der Waals surface area contributed by atoms with E-state index in [1.54, 1.807) is 18.2 Å². The summed E-state index contributed by atoms with van der Waals surface area (Å²) in [6.45, 7) is 4.33. The Morgan fingerprint density at radius 3 is 2.31 bits per heavy atom. The van der Waals surface area contributed by atoms with Crippen LogP contribution in [0.1, 0.15) is 36.4 Å². The van der Waals surface area contributed by atoms with Crippen molar-refractivity contribution in [3.8, 4) is 11.5 Å². The van der Waals surface area contributed by atoms with Gasteiger partial charge in [-0.1, -0.05) is 11.2 Å². The quantitative estimate of drug-likeness (QED) is 0.493. The Morgan fingerprint density at radius 2 is 1.78 bits per heavy atom. The molecule has 2 rings (SSSR count). The lowest BCUT2D eigenvalue weighted by atomic mass is 10.0. The van der Waals surface area contributed by atoms with Crippen LogP contribution in [0.5, 0.6) is 11.5 Å². The molecule has 0 radical (unpaired) electrons. The summed E-state index contributed by atoms with van der Waals surface area (Å²) in [4.78, 5) is 24.6. The fourth-order valence-corrected chi connectivity index (χ4v) is 4.60. The molecule has 2 N–H and O–H groups in total. The van der Waals surface area contributed by atoms with Gasteiger partial charge in [-0.25, -0.2) is 8.42 Å². The molecule has 1 amide bonds.